The molecule has 0 aromatic carbocycles. The predicted octanol–water partition coefficient (Wildman–Crippen LogP) is 20.2. The van der Waals surface area contributed by atoms with Gasteiger partial charge in [0.2, 0.25) is 0 Å². The maximum Gasteiger partial charge on any atom is 0.273 e. The summed E-state index contributed by atoms with van der Waals surface area (Å²) in [6.45, 7) is 60.0. The lowest BCUT2D eigenvalue weighted by molar-refractivity contribution is -0.105. The van der Waals surface area contributed by atoms with Gasteiger partial charge in [0.1, 0.15) is 12.3 Å². The molecule has 11 fully saturated rings. The molecule has 8 saturated heterocycles. The summed E-state index contributed by atoms with van der Waals surface area (Å²) >= 11 is 0. The van der Waals surface area contributed by atoms with E-state index in [2.05, 4.69) is 145 Å². The van der Waals surface area contributed by atoms with Crippen molar-refractivity contribution in [3.8, 4) is 0 Å². The largest absolute Gasteiger partial charge is 0.381 e. The van der Waals surface area contributed by atoms with Gasteiger partial charge in [-0.15, -0.1) is 0 Å². The summed E-state index contributed by atoms with van der Waals surface area (Å²) in [6.07, 6.45) is 23.9. The molecule has 0 bridgehead atoms. The summed E-state index contributed by atoms with van der Waals surface area (Å²) in [5, 5.41) is 0. The fourth-order valence-corrected chi connectivity index (χ4v) is 12.5. The van der Waals surface area contributed by atoms with E-state index in [0.717, 1.165) is 95.5 Å². The molecule has 536 valence electrons. The molecule has 90 heavy (non-hydrogen) atoms. The number of ether oxygens (including phenoxy) is 10. The Labute approximate surface area is 553 Å². The molecule has 0 N–H and O–H groups in total. The molecular formula is C77H147F3O10. The van der Waals surface area contributed by atoms with Crippen LogP contribution in [-0.2, 0) is 47.4 Å². The van der Waals surface area contributed by atoms with Crippen LogP contribution in [0.1, 0.15) is 282 Å². The smallest absolute Gasteiger partial charge is 0.273 e. The van der Waals surface area contributed by atoms with Gasteiger partial charge in [0.25, 0.3) is 5.92 Å². The molecule has 2 spiro atoms. The van der Waals surface area contributed by atoms with Crippen LogP contribution in [0, 0.1) is 75.4 Å². The standard InChI is InChI=1S/C10H18O.C10H20O.C9H17FO.C9H16O.C9H18O.2C8H16O.C7H12F2O.C7H14O2/c1-8(2)9-3-4-10(5-6-10)7-11-9;1-8(2)9-5-6-11-10(3,4)7-9;1-7(2)8-4-5-9(3,10)6-11-8;1-7(2)8-5-9(3-4-9)6-10-8;1-7(2)8-5-6-9(3,4)10-8;1-7(2)9-6-8(3)4-5-8;1-7(2)8-4-3-5-9-6-8;1-5(2)6-3-7(8,9)4-10-6;1-6(2)7-5-8-3-4-9-7/h8-9H,3-7H2,1-2H3;8-9H,5-7H2,1-4H3;7-8H,4-6H2,1-3H3;7-8H,3-6H2,1-2H3;7-8H,5-6H2,1-4H3;7H,4-6H2,1-3H3;7-8H,3-6H2,1-2H3;5-6H,3-4H2,1-2H3;6-7H,3-5H2,1-2H3. The maximum atomic E-state index is 13.2. The minimum atomic E-state index is -2.57. The van der Waals surface area contributed by atoms with Gasteiger partial charge in [0.15, 0.2) is 0 Å². The van der Waals surface area contributed by atoms with E-state index in [1.165, 1.54) is 96.3 Å². The summed E-state index contributed by atoms with van der Waals surface area (Å²) in [4.78, 5) is 0. The van der Waals surface area contributed by atoms with Gasteiger partial charge in [0.05, 0.1) is 100 Å². The van der Waals surface area contributed by atoms with Crippen LogP contribution < -0.4 is 0 Å². The number of alkyl halides is 3. The first-order valence-corrected chi connectivity index (χ1v) is 37.0. The van der Waals surface area contributed by atoms with E-state index in [1.54, 1.807) is 6.92 Å². The van der Waals surface area contributed by atoms with E-state index in [4.69, 9.17) is 47.4 Å². The summed E-state index contributed by atoms with van der Waals surface area (Å²) < 4.78 is 92.7. The fraction of sp³-hybridized carbons (Fsp3) is 1.00. The molecule has 3 aliphatic carbocycles. The lowest BCUT2D eigenvalue weighted by Crippen LogP contribution is -2.37. The van der Waals surface area contributed by atoms with Gasteiger partial charge < -0.3 is 47.4 Å². The zero-order valence-corrected chi connectivity index (χ0v) is 63.0. The predicted molar refractivity (Wildman–Crippen MR) is 367 cm³/mol. The van der Waals surface area contributed by atoms with Crippen LogP contribution >= 0.6 is 0 Å². The third-order valence-corrected chi connectivity index (χ3v) is 20.8. The third kappa shape index (κ3) is 34.6. The lowest BCUT2D eigenvalue weighted by Gasteiger charge is -2.37. The Morgan fingerprint density at radius 2 is 0.867 bits per heavy atom. The van der Waals surface area contributed by atoms with Crippen molar-refractivity contribution in [2.45, 2.75) is 347 Å². The van der Waals surface area contributed by atoms with Gasteiger partial charge in [-0.05, 0) is 233 Å². The van der Waals surface area contributed by atoms with Crippen molar-refractivity contribution in [3.05, 3.63) is 0 Å². The average molecular weight is 1290 g/mol. The van der Waals surface area contributed by atoms with Gasteiger partial charge in [-0.1, -0.05) is 118 Å². The molecule has 11 rings (SSSR count). The van der Waals surface area contributed by atoms with E-state index in [1.807, 2.05) is 13.8 Å². The van der Waals surface area contributed by atoms with Crippen LogP contribution in [-0.4, -0.2) is 138 Å². The molecule has 11 aliphatic rings. The van der Waals surface area contributed by atoms with Crippen molar-refractivity contribution < 1.29 is 60.5 Å². The van der Waals surface area contributed by atoms with E-state index in [-0.39, 0.29) is 42.4 Å². The topological polar surface area (TPSA) is 92.3 Å². The molecule has 0 aromatic heterocycles. The van der Waals surface area contributed by atoms with Crippen molar-refractivity contribution >= 4 is 0 Å². The second-order valence-electron chi connectivity index (χ2n) is 34.6. The zero-order chi connectivity index (χ0) is 67.9. The Morgan fingerprint density at radius 3 is 1.17 bits per heavy atom. The Hall–Kier alpha value is -0.610. The van der Waals surface area contributed by atoms with Gasteiger partial charge in [-0.3, -0.25) is 0 Å². The Morgan fingerprint density at radius 1 is 0.378 bits per heavy atom. The lowest BCUT2D eigenvalue weighted by atomic mass is 9.81. The molecule has 0 radical (unpaired) electrons. The zero-order valence-electron chi connectivity index (χ0n) is 63.0. The molecule has 9 atom stereocenters. The number of halogens is 3. The highest BCUT2D eigenvalue weighted by Crippen LogP contribution is 2.55. The van der Waals surface area contributed by atoms with Gasteiger partial charge in [-0.25, -0.2) is 13.2 Å². The minimum Gasteiger partial charge on any atom is -0.381 e. The number of hydrogen-bond donors (Lipinski definition) is 0. The SMILES string of the molecule is CC(C)C1CC(F)(F)CO1.CC(C)C1CC2(CC2)CO1.CC(C)C1CCC(C)(C)O1.CC(C)C1CCC(C)(F)CO1.CC(C)C1CCC2(CC2)CO1.CC(C)C1CCCOC1.CC(C)C1CCOC(C)(C)C1.CC(C)C1COCCO1.CC(C)OCC1(C)CC1. The first kappa shape index (κ1) is 83.6. The molecule has 10 nitrogen and oxygen atoms in total. The molecule has 9 unspecified atom stereocenters. The average Bonchev–Trinajstić information content (AvgIpc) is 1.95. The molecule has 3 saturated carbocycles. The van der Waals surface area contributed by atoms with E-state index >= 15 is 0 Å². The summed E-state index contributed by atoms with van der Waals surface area (Å²) in [7, 11) is 0. The van der Waals surface area contributed by atoms with Crippen LogP contribution in [0.2, 0.25) is 0 Å². The Balaban J connectivity index is 0.000000265. The van der Waals surface area contributed by atoms with Crippen molar-refractivity contribution in [2.24, 2.45) is 75.4 Å². The van der Waals surface area contributed by atoms with E-state index < -0.39 is 18.2 Å². The second-order valence-corrected chi connectivity index (χ2v) is 34.6. The van der Waals surface area contributed by atoms with Gasteiger partial charge in [0, 0.05) is 26.2 Å². The minimum absolute atomic E-state index is 0.106. The van der Waals surface area contributed by atoms with Crippen LogP contribution in [0.5, 0.6) is 0 Å². The molecule has 8 aliphatic heterocycles. The van der Waals surface area contributed by atoms with Crippen molar-refractivity contribution in [3.63, 3.8) is 0 Å². The second kappa shape index (κ2) is 39.1. The summed E-state index contributed by atoms with van der Waals surface area (Å²) in [5.41, 5.74) is 1.11. The van der Waals surface area contributed by atoms with Crippen molar-refractivity contribution in [1.29, 1.82) is 0 Å². The van der Waals surface area contributed by atoms with Crippen LogP contribution in [0.25, 0.3) is 0 Å². The normalized spacial score (nSPS) is 31.9. The van der Waals surface area contributed by atoms with Gasteiger partial charge >= 0.3 is 0 Å². The first-order valence-electron chi connectivity index (χ1n) is 37.0. The number of hydrogen-bond acceptors (Lipinski definition) is 10. The molecule has 0 amide bonds. The van der Waals surface area contributed by atoms with E-state index in [9.17, 15) is 13.2 Å². The van der Waals surface area contributed by atoms with Crippen molar-refractivity contribution in [2.75, 3.05) is 72.7 Å². The van der Waals surface area contributed by atoms with Crippen LogP contribution in [0.15, 0.2) is 0 Å². The molecular weight excluding hydrogens is 1140 g/mol. The monoisotopic (exact) mass is 1290 g/mol. The Bertz CT molecular complexity index is 1740. The van der Waals surface area contributed by atoms with Gasteiger partial charge in [-0.2, -0.15) is 0 Å². The molecule has 13 heteroatoms. The van der Waals surface area contributed by atoms with Crippen LogP contribution in [0.3, 0.4) is 0 Å². The quantitative estimate of drug-likeness (QED) is 0.199. The number of rotatable bonds is 11. The molecule has 8 heterocycles. The van der Waals surface area contributed by atoms with Crippen LogP contribution in [0.4, 0.5) is 13.2 Å². The summed E-state index contributed by atoms with van der Waals surface area (Å²) in [6, 6.07) is 0. The highest BCUT2D eigenvalue weighted by atomic mass is 19.3. The molecule has 0 aromatic rings. The highest BCUT2D eigenvalue weighted by molar-refractivity contribution is 4.99. The first-order chi connectivity index (χ1) is 41.7. The summed E-state index contributed by atoms with van der Waals surface area (Å²) in [5.74, 6) is 4.19. The Kier molecular flexibility index (Phi) is 36.3. The van der Waals surface area contributed by atoms with E-state index in [0.29, 0.717) is 76.9 Å². The fourth-order valence-electron chi connectivity index (χ4n) is 12.5. The third-order valence-electron chi connectivity index (χ3n) is 20.8. The maximum absolute atomic E-state index is 13.2. The van der Waals surface area contributed by atoms with Crippen molar-refractivity contribution in [1.82, 2.24) is 0 Å². The highest BCUT2D eigenvalue weighted by Gasteiger charge is 2.50.